The lowest BCUT2D eigenvalue weighted by molar-refractivity contribution is -0.384. The maximum Gasteiger partial charge on any atom is 0.336 e. The second-order valence-electron chi connectivity index (χ2n) is 2.93. The van der Waals surface area contributed by atoms with Gasteiger partial charge < -0.3 is 10.4 Å². The maximum atomic E-state index is 11.4. The van der Waals surface area contributed by atoms with Gasteiger partial charge in [0.15, 0.2) is 0 Å². The van der Waals surface area contributed by atoms with Gasteiger partial charge in [-0.3, -0.25) is 14.9 Å². The molecule has 0 aliphatic carbocycles. The Balaban J connectivity index is 3.27. The molecule has 1 aromatic carbocycles. The summed E-state index contributed by atoms with van der Waals surface area (Å²) >= 11 is 5.27. The van der Waals surface area contributed by atoms with Crippen LogP contribution in [0.15, 0.2) is 18.2 Å². The summed E-state index contributed by atoms with van der Waals surface area (Å²) in [6, 6.07) is 2.76. The number of non-ortho nitro benzene ring substituents is 1. The average molecular weight is 259 g/mol. The molecule has 0 heterocycles. The molecule has 90 valence electrons. The molecule has 0 atom stereocenters. The van der Waals surface area contributed by atoms with Crippen LogP contribution in [0, 0.1) is 10.1 Å². The van der Waals surface area contributed by atoms with Crippen molar-refractivity contribution < 1.29 is 19.6 Å². The number of benzene rings is 1. The highest BCUT2D eigenvalue weighted by Crippen LogP contribution is 2.18. The van der Waals surface area contributed by atoms with Crippen molar-refractivity contribution in [2.75, 3.05) is 6.00 Å². The molecule has 0 aliphatic rings. The molecule has 0 spiro atoms. The van der Waals surface area contributed by atoms with Gasteiger partial charge in [0, 0.05) is 12.1 Å². The van der Waals surface area contributed by atoms with E-state index < -0.39 is 28.1 Å². The molecule has 8 heteroatoms. The van der Waals surface area contributed by atoms with Gasteiger partial charge in [-0.05, 0) is 6.07 Å². The molecule has 0 bridgehead atoms. The first kappa shape index (κ1) is 12.9. The van der Waals surface area contributed by atoms with Crippen LogP contribution < -0.4 is 5.32 Å². The lowest BCUT2D eigenvalue weighted by Gasteiger charge is -2.05. The number of rotatable bonds is 4. The molecule has 0 aliphatic heterocycles. The number of carboxylic acids is 1. The molecule has 1 amide bonds. The van der Waals surface area contributed by atoms with E-state index in [2.05, 4.69) is 5.32 Å². The zero-order valence-electron chi connectivity index (χ0n) is 8.34. The third kappa shape index (κ3) is 2.91. The predicted molar refractivity (Wildman–Crippen MR) is 58.2 cm³/mol. The second kappa shape index (κ2) is 5.26. The zero-order valence-corrected chi connectivity index (χ0v) is 9.10. The molecule has 0 unspecified atom stereocenters. The first-order valence-corrected chi connectivity index (χ1v) is 4.86. The highest BCUT2D eigenvalue weighted by Gasteiger charge is 2.19. The Morgan fingerprint density at radius 3 is 2.53 bits per heavy atom. The largest absolute Gasteiger partial charge is 0.478 e. The topological polar surface area (TPSA) is 110 Å². The van der Waals surface area contributed by atoms with E-state index in [1.807, 2.05) is 0 Å². The molecule has 0 saturated heterocycles. The number of aromatic carboxylic acids is 1. The number of hydrogen-bond donors (Lipinski definition) is 2. The maximum absolute atomic E-state index is 11.4. The fraction of sp³-hybridized carbons (Fsp3) is 0.111. The normalized spacial score (nSPS) is 9.71. The zero-order chi connectivity index (χ0) is 13.0. The fourth-order valence-electron chi connectivity index (χ4n) is 1.18. The van der Waals surface area contributed by atoms with Crippen LogP contribution in [-0.2, 0) is 0 Å². The van der Waals surface area contributed by atoms with E-state index in [1.165, 1.54) is 0 Å². The molecule has 2 N–H and O–H groups in total. The minimum Gasteiger partial charge on any atom is -0.478 e. The smallest absolute Gasteiger partial charge is 0.336 e. The van der Waals surface area contributed by atoms with Crippen LogP contribution >= 0.6 is 11.6 Å². The van der Waals surface area contributed by atoms with Crippen LogP contribution in [0.5, 0.6) is 0 Å². The summed E-state index contributed by atoms with van der Waals surface area (Å²) in [5.41, 5.74) is -1.02. The van der Waals surface area contributed by atoms with E-state index in [4.69, 9.17) is 16.7 Å². The number of nitro benzene ring substituents is 1. The SMILES string of the molecule is O=C(O)c1cc([N+](=O)[O-])ccc1C(=O)NCCl. The quantitative estimate of drug-likeness (QED) is 0.365. The van der Waals surface area contributed by atoms with E-state index in [-0.39, 0.29) is 11.6 Å². The van der Waals surface area contributed by atoms with Crippen LogP contribution in [0.3, 0.4) is 0 Å². The number of nitro groups is 1. The van der Waals surface area contributed by atoms with E-state index in [9.17, 15) is 19.7 Å². The summed E-state index contributed by atoms with van der Waals surface area (Å²) in [6.45, 7) is 0. The Morgan fingerprint density at radius 1 is 1.41 bits per heavy atom. The number of nitrogens with one attached hydrogen (secondary N) is 1. The summed E-state index contributed by atoms with van der Waals surface area (Å²) in [7, 11) is 0. The molecular weight excluding hydrogens is 252 g/mol. The van der Waals surface area contributed by atoms with Gasteiger partial charge in [0.05, 0.1) is 22.1 Å². The van der Waals surface area contributed by atoms with Crippen LogP contribution in [-0.4, -0.2) is 27.9 Å². The average Bonchev–Trinajstić information content (AvgIpc) is 2.28. The summed E-state index contributed by atoms with van der Waals surface area (Å²) in [5.74, 6) is -2.12. The van der Waals surface area contributed by atoms with Crippen molar-refractivity contribution in [2.45, 2.75) is 0 Å². The Labute approximate surface area is 100 Å². The van der Waals surface area contributed by atoms with Gasteiger partial charge in [-0.2, -0.15) is 0 Å². The highest BCUT2D eigenvalue weighted by atomic mass is 35.5. The number of halogens is 1. The molecule has 7 nitrogen and oxygen atoms in total. The third-order valence-electron chi connectivity index (χ3n) is 1.92. The van der Waals surface area contributed by atoms with Gasteiger partial charge in [0.25, 0.3) is 11.6 Å². The monoisotopic (exact) mass is 258 g/mol. The molecule has 1 rings (SSSR count). The first-order valence-electron chi connectivity index (χ1n) is 4.33. The van der Waals surface area contributed by atoms with Crippen molar-refractivity contribution in [3.63, 3.8) is 0 Å². The lowest BCUT2D eigenvalue weighted by atomic mass is 10.1. The van der Waals surface area contributed by atoms with E-state index in [0.717, 1.165) is 18.2 Å². The Kier molecular flexibility index (Phi) is 4.00. The van der Waals surface area contributed by atoms with Crippen LogP contribution in [0.25, 0.3) is 0 Å². The van der Waals surface area contributed by atoms with Crippen molar-refractivity contribution in [1.82, 2.24) is 5.32 Å². The van der Waals surface area contributed by atoms with Crippen LogP contribution in [0.2, 0.25) is 0 Å². The highest BCUT2D eigenvalue weighted by molar-refractivity contribution is 6.19. The van der Waals surface area contributed by atoms with Crippen molar-refractivity contribution in [3.8, 4) is 0 Å². The number of carbonyl (C=O) groups excluding carboxylic acids is 1. The molecule has 1 aromatic rings. The van der Waals surface area contributed by atoms with E-state index in [1.54, 1.807) is 0 Å². The van der Waals surface area contributed by atoms with Gasteiger partial charge in [-0.25, -0.2) is 4.79 Å². The molecule has 0 saturated carbocycles. The van der Waals surface area contributed by atoms with Crippen molar-refractivity contribution in [2.24, 2.45) is 0 Å². The number of amides is 1. The molecule has 0 aromatic heterocycles. The number of carbonyl (C=O) groups is 2. The minimum atomic E-state index is -1.42. The van der Waals surface area contributed by atoms with E-state index in [0.29, 0.717) is 0 Å². The Hall–Kier alpha value is -2.15. The molecule has 17 heavy (non-hydrogen) atoms. The molecule has 0 fully saturated rings. The first-order chi connectivity index (χ1) is 7.97. The van der Waals surface area contributed by atoms with Crippen molar-refractivity contribution in [3.05, 3.63) is 39.4 Å². The number of nitrogens with zero attached hydrogens (tertiary/aromatic N) is 1. The van der Waals surface area contributed by atoms with Gasteiger partial charge in [0.2, 0.25) is 0 Å². The lowest BCUT2D eigenvalue weighted by Crippen LogP contribution is -2.24. The van der Waals surface area contributed by atoms with Crippen LogP contribution in [0.4, 0.5) is 5.69 Å². The Bertz CT molecular complexity index is 488. The Morgan fingerprint density at radius 2 is 2.06 bits per heavy atom. The van der Waals surface area contributed by atoms with Crippen molar-refractivity contribution in [1.29, 1.82) is 0 Å². The molecular formula is C9H7ClN2O5. The molecule has 0 radical (unpaired) electrons. The summed E-state index contributed by atoms with van der Waals surface area (Å²) < 4.78 is 0. The second-order valence-corrected chi connectivity index (χ2v) is 3.20. The van der Waals surface area contributed by atoms with Gasteiger partial charge in [0.1, 0.15) is 0 Å². The fourth-order valence-corrected chi connectivity index (χ4v) is 1.30. The van der Waals surface area contributed by atoms with Crippen molar-refractivity contribution >= 4 is 29.2 Å². The van der Waals surface area contributed by atoms with E-state index >= 15 is 0 Å². The third-order valence-corrected chi connectivity index (χ3v) is 2.05. The number of carboxylic acid groups (broad SMARTS) is 1. The number of alkyl halides is 1. The van der Waals surface area contributed by atoms with Gasteiger partial charge >= 0.3 is 5.97 Å². The minimum absolute atomic E-state index is 0.177. The van der Waals surface area contributed by atoms with Gasteiger partial charge in [-0.1, -0.05) is 0 Å². The standard InChI is InChI=1S/C9H7ClN2O5/c10-4-11-8(13)6-2-1-5(12(16)17)3-7(6)9(14)15/h1-3H,4H2,(H,11,13)(H,14,15). The summed E-state index contributed by atoms with van der Waals surface area (Å²) in [6.07, 6.45) is 0. The summed E-state index contributed by atoms with van der Waals surface area (Å²) in [5, 5.41) is 21.5. The number of hydrogen-bond acceptors (Lipinski definition) is 4. The predicted octanol–water partition coefficient (Wildman–Crippen LogP) is 1.22. The van der Waals surface area contributed by atoms with Gasteiger partial charge in [-0.15, -0.1) is 11.6 Å². The summed E-state index contributed by atoms with van der Waals surface area (Å²) in [4.78, 5) is 32.0. The van der Waals surface area contributed by atoms with Crippen LogP contribution in [0.1, 0.15) is 20.7 Å².